The van der Waals surface area contributed by atoms with Crippen molar-refractivity contribution in [2.45, 2.75) is 30.2 Å². The molecule has 0 saturated heterocycles. The number of hydrogen-bond donors (Lipinski definition) is 1. The van der Waals surface area contributed by atoms with E-state index in [9.17, 15) is 9.18 Å². The standard InChI is InChI=1S/C16H17FN6O2S/c1-9(26-16-22-19-13(23(16)2)8-7-12(18)24)14-20-21-15(25-14)10-3-5-11(17)6-4-10/h3-6,9H,7-8H2,1-2H3,(H2,18,24)/t9-/m1/s1. The minimum absolute atomic E-state index is 0.163. The Balaban J connectivity index is 1.70. The molecule has 26 heavy (non-hydrogen) atoms. The first-order valence-corrected chi connectivity index (χ1v) is 8.74. The Morgan fingerprint density at radius 3 is 2.69 bits per heavy atom. The van der Waals surface area contributed by atoms with Crippen LogP contribution in [0.2, 0.25) is 0 Å². The predicted molar refractivity (Wildman–Crippen MR) is 92.5 cm³/mol. The van der Waals surface area contributed by atoms with Gasteiger partial charge in [0.1, 0.15) is 11.6 Å². The van der Waals surface area contributed by atoms with Crippen molar-refractivity contribution in [1.82, 2.24) is 25.0 Å². The lowest BCUT2D eigenvalue weighted by Crippen LogP contribution is -2.12. The molecule has 2 aromatic heterocycles. The maximum absolute atomic E-state index is 13.0. The first-order chi connectivity index (χ1) is 12.4. The van der Waals surface area contributed by atoms with Gasteiger partial charge in [0.15, 0.2) is 5.16 Å². The molecule has 0 aliphatic rings. The number of nitrogens with zero attached hydrogens (tertiary/aromatic N) is 5. The normalized spacial score (nSPS) is 12.3. The SMILES string of the molecule is C[C@@H](Sc1nnc(CCC(N)=O)n1C)c1nnc(-c2ccc(F)cc2)o1. The maximum atomic E-state index is 13.0. The van der Waals surface area contributed by atoms with Crippen LogP contribution >= 0.6 is 11.8 Å². The van der Waals surface area contributed by atoms with Crippen LogP contribution in [-0.2, 0) is 18.3 Å². The minimum atomic E-state index is -0.380. The van der Waals surface area contributed by atoms with Gasteiger partial charge in [-0.15, -0.1) is 20.4 Å². The highest BCUT2D eigenvalue weighted by Gasteiger charge is 2.20. The van der Waals surface area contributed by atoms with Crippen molar-refractivity contribution in [3.05, 3.63) is 41.8 Å². The van der Waals surface area contributed by atoms with E-state index in [0.29, 0.717) is 34.7 Å². The molecular weight excluding hydrogens is 359 g/mol. The third-order valence-electron chi connectivity index (χ3n) is 3.68. The molecule has 0 bridgehead atoms. The second kappa shape index (κ2) is 7.65. The summed E-state index contributed by atoms with van der Waals surface area (Å²) in [6, 6.07) is 5.84. The van der Waals surface area contributed by atoms with E-state index in [0.717, 1.165) is 0 Å². The fourth-order valence-corrected chi connectivity index (χ4v) is 3.08. The number of amides is 1. The summed E-state index contributed by atoms with van der Waals surface area (Å²) in [6.07, 6.45) is 0.653. The van der Waals surface area contributed by atoms with Crippen molar-refractivity contribution in [1.29, 1.82) is 0 Å². The molecule has 10 heteroatoms. The van der Waals surface area contributed by atoms with Gasteiger partial charge in [-0.25, -0.2) is 4.39 Å². The molecule has 1 atom stereocenters. The van der Waals surface area contributed by atoms with Gasteiger partial charge in [0, 0.05) is 25.5 Å². The van der Waals surface area contributed by atoms with Crippen LogP contribution in [0, 0.1) is 5.82 Å². The summed E-state index contributed by atoms with van der Waals surface area (Å²) in [5.41, 5.74) is 5.81. The maximum Gasteiger partial charge on any atom is 0.247 e. The molecule has 1 aromatic carbocycles. The summed E-state index contributed by atoms with van der Waals surface area (Å²) in [7, 11) is 1.82. The second-order valence-corrected chi connectivity index (χ2v) is 6.94. The van der Waals surface area contributed by atoms with Gasteiger partial charge in [-0.2, -0.15) is 0 Å². The van der Waals surface area contributed by atoms with Crippen LogP contribution in [0.15, 0.2) is 33.8 Å². The van der Waals surface area contributed by atoms with Crippen LogP contribution in [0.25, 0.3) is 11.5 Å². The highest BCUT2D eigenvalue weighted by molar-refractivity contribution is 7.99. The van der Waals surface area contributed by atoms with Crippen molar-refractivity contribution < 1.29 is 13.6 Å². The number of nitrogens with two attached hydrogens (primary N) is 1. The zero-order valence-corrected chi connectivity index (χ0v) is 15.0. The van der Waals surface area contributed by atoms with E-state index < -0.39 is 0 Å². The van der Waals surface area contributed by atoms with E-state index in [2.05, 4.69) is 20.4 Å². The Morgan fingerprint density at radius 1 is 1.27 bits per heavy atom. The number of thioether (sulfide) groups is 1. The molecule has 0 spiro atoms. The average Bonchev–Trinajstić information content (AvgIpc) is 3.22. The van der Waals surface area contributed by atoms with Crippen LogP contribution in [-0.4, -0.2) is 30.9 Å². The number of halogens is 1. The van der Waals surface area contributed by atoms with Crippen LogP contribution in [0.1, 0.15) is 30.3 Å². The topological polar surface area (TPSA) is 113 Å². The Hall–Kier alpha value is -2.75. The summed E-state index contributed by atoms with van der Waals surface area (Å²) in [4.78, 5) is 10.9. The predicted octanol–water partition coefficient (Wildman–Crippen LogP) is 2.28. The van der Waals surface area contributed by atoms with E-state index in [1.807, 2.05) is 14.0 Å². The molecule has 3 rings (SSSR count). The van der Waals surface area contributed by atoms with Crippen molar-refractivity contribution in [2.75, 3.05) is 0 Å². The third-order valence-corrected chi connectivity index (χ3v) is 4.80. The number of carbonyl (C=O) groups is 1. The number of aromatic nitrogens is 5. The molecule has 3 aromatic rings. The smallest absolute Gasteiger partial charge is 0.247 e. The summed E-state index contributed by atoms with van der Waals surface area (Å²) >= 11 is 1.41. The van der Waals surface area contributed by atoms with Gasteiger partial charge in [-0.1, -0.05) is 11.8 Å². The number of primary amides is 1. The minimum Gasteiger partial charge on any atom is -0.419 e. The average molecular weight is 376 g/mol. The lowest BCUT2D eigenvalue weighted by atomic mass is 10.2. The van der Waals surface area contributed by atoms with Gasteiger partial charge in [-0.3, -0.25) is 4.79 Å². The Bertz CT molecular complexity index is 908. The highest BCUT2D eigenvalue weighted by Crippen LogP contribution is 2.34. The van der Waals surface area contributed by atoms with E-state index >= 15 is 0 Å². The monoisotopic (exact) mass is 376 g/mol. The molecule has 0 saturated carbocycles. The molecular formula is C16H17FN6O2S. The largest absolute Gasteiger partial charge is 0.419 e. The van der Waals surface area contributed by atoms with Gasteiger partial charge in [0.25, 0.3) is 0 Å². The van der Waals surface area contributed by atoms with Gasteiger partial charge in [0.05, 0.1) is 5.25 Å². The van der Waals surface area contributed by atoms with Crippen LogP contribution in [0.5, 0.6) is 0 Å². The molecule has 2 N–H and O–H groups in total. The van der Waals surface area contributed by atoms with Gasteiger partial charge >= 0.3 is 0 Å². The summed E-state index contributed by atoms with van der Waals surface area (Å²) in [5.74, 6) is 0.723. The highest BCUT2D eigenvalue weighted by atomic mass is 32.2. The fraction of sp³-hybridized carbons (Fsp3) is 0.312. The Morgan fingerprint density at radius 2 is 2.00 bits per heavy atom. The molecule has 0 radical (unpaired) electrons. The van der Waals surface area contributed by atoms with E-state index in [-0.39, 0.29) is 23.4 Å². The number of carbonyl (C=O) groups excluding carboxylic acids is 1. The van der Waals surface area contributed by atoms with Gasteiger partial charge in [0.2, 0.25) is 17.7 Å². The molecule has 2 heterocycles. The molecule has 0 unspecified atom stereocenters. The van der Waals surface area contributed by atoms with Crippen molar-refractivity contribution >= 4 is 17.7 Å². The third kappa shape index (κ3) is 4.07. The summed E-state index contributed by atoms with van der Waals surface area (Å²) < 4.78 is 20.5. The van der Waals surface area contributed by atoms with Gasteiger partial charge in [-0.05, 0) is 31.2 Å². The molecule has 8 nitrogen and oxygen atoms in total. The summed E-state index contributed by atoms with van der Waals surface area (Å²) in [5, 5.41) is 16.8. The Labute approximate surface area is 153 Å². The van der Waals surface area contributed by atoms with E-state index in [1.165, 1.54) is 23.9 Å². The zero-order chi connectivity index (χ0) is 18.7. The number of hydrogen-bond acceptors (Lipinski definition) is 7. The zero-order valence-electron chi connectivity index (χ0n) is 14.2. The first kappa shape index (κ1) is 18.1. The van der Waals surface area contributed by atoms with Crippen LogP contribution in [0.3, 0.4) is 0 Å². The van der Waals surface area contributed by atoms with E-state index in [1.54, 1.807) is 16.7 Å². The number of benzene rings is 1. The fourth-order valence-electron chi connectivity index (χ4n) is 2.22. The molecule has 0 aliphatic heterocycles. The molecule has 0 aliphatic carbocycles. The number of aryl methyl sites for hydroxylation is 1. The lowest BCUT2D eigenvalue weighted by Gasteiger charge is -2.06. The molecule has 1 amide bonds. The quantitative estimate of drug-likeness (QED) is 0.629. The van der Waals surface area contributed by atoms with Crippen molar-refractivity contribution in [3.8, 4) is 11.5 Å². The second-order valence-electron chi connectivity index (χ2n) is 5.64. The van der Waals surface area contributed by atoms with Gasteiger partial charge < -0.3 is 14.7 Å². The molecule has 0 fully saturated rings. The Kier molecular flexibility index (Phi) is 5.31. The van der Waals surface area contributed by atoms with Crippen molar-refractivity contribution in [2.24, 2.45) is 12.8 Å². The van der Waals surface area contributed by atoms with Crippen molar-refractivity contribution in [3.63, 3.8) is 0 Å². The number of rotatable bonds is 7. The summed E-state index contributed by atoms with van der Waals surface area (Å²) in [6.45, 7) is 1.91. The molecule has 136 valence electrons. The van der Waals surface area contributed by atoms with Crippen LogP contribution in [0.4, 0.5) is 4.39 Å². The lowest BCUT2D eigenvalue weighted by molar-refractivity contribution is -0.118. The van der Waals surface area contributed by atoms with Crippen LogP contribution < -0.4 is 5.73 Å². The first-order valence-electron chi connectivity index (χ1n) is 7.86. The van der Waals surface area contributed by atoms with E-state index in [4.69, 9.17) is 10.2 Å².